The molecule has 0 radical (unpaired) electrons. The number of unbranched alkanes of at least 4 members (excludes halogenated alkanes) is 1. The molecule has 0 atom stereocenters. The minimum Gasteiger partial charge on any atom is -0.302 e. The molecule has 0 N–H and O–H groups in total. The fourth-order valence-electron chi connectivity index (χ4n) is 2.88. The van der Waals surface area contributed by atoms with E-state index in [1.54, 1.807) is 0 Å². The van der Waals surface area contributed by atoms with Gasteiger partial charge >= 0.3 is 0 Å². The van der Waals surface area contributed by atoms with Crippen molar-refractivity contribution in [3.63, 3.8) is 0 Å². The van der Waals surface area contributed by atoms with Gasteiger partial charge in [-0.3, -0.25) is 0 Å². The van der Waals surface area contributed by atoms with Crippen LogP contribution < -0.4 is 0 Å². The zero-order valence-electron chi connectivity index (χ0n) is 8.31. The van der Waals surface area contributed by atoms with E-state index >= 15 is 0 Å². The highest BCUT2D eigenvalue weighted by Gasteiger charge is 2.43. The summed E-state index contributed by atoms with van der Waals surface area (Å²) in [6, 6.07) is 0. The SMILES string of the molecule is CCCCN1CC2(CCCC2)C1. The maximum Gasteiger partial charge on any atom is 0.00505 e. The van der Waals surface area contributed by atoms with E-state index < -0.39 is 0 Å². The van der Waals surface area contributed by atoms with Crippen molar-refractivity contribution in [1.82, 2.24) is 4.90 Å². The number of nitrogens with zero attached hydrogens (tertiary/aromatic N) is 1. The molecule has 0 aromatic carbocycles. The van der Waals surface area contributed by atoms with Crippen LogP contribution in [0.25, 0.3) is 0 Å². The van der Waals surface area contributed by atoms with E-state index in [0.29, 0.717) is 0 Å². The van der Waals surface area contributed by atoms with E-state index in [0.717, 1.165) is 5.41 Å². The maximum atomic E-state index is 2.65. The Morgan fingerprint density at radius 3 is 2.42 bits per heavy atom. The standard InChI is InChI=1S/C11H21N/c1-2-3-8-12-9-11(10-12)6-4-5-7-11/h2-10H2,1H3. The Morgan fingerprint density at radius 2 is 1.83 bits per heavy atom. The molecule has 2 aliphatic rings. The van der Waals surface area contributed by atoms with Crippen LogP contribution in [0.4, 0.5) is 0 Å². The third-order valence-electron chi connectivity index (χ3n) is 3.61. The van der Waals surface area contributed by atoms with E-state index in [1.165, 1.54) is 58.2 Å². The van der Waals surface area contributed by atoms with Gasteiger partial charge in [-0.05, 0) is 31.2 Å². The van der Waals surface area contributed by atoms with Crippen molar-refractivity contribution in [2.45, 2.75) is 45.4 Å². The molecule has 1 heteroatoms. The first-order valence-electron chi connectivity index (χ1n) is 5.57. The van der Waals surface area contributed by atoms with Gasteiger partial charge in [0.15, 0.2) is 0 Å². The lowest BCUT2D eigenvalue weighted by Crippen LogP contribution is -2.54. The summed E-state index contributed by atoms with van der Waals surface area (Å²) in [5.74, 6) is 0. The van der Waals surface area contributed by atoms with Gasteiger partial charge in [-0.1, -0.05) is 26.2 Å². The molecular formula is C11H21N. The fraction of sp³-hybridized carbons (Fsp3) is 1.00. The normalized spacial score (nSPS) is 27.8. The molecule has 1 spiro atoms. The lowest BCUT2D eigenvalue weighted by atomic mass is 9.78. The molecule has 0 aromatic heterocycles. The van der Waals surface area contributed by atoms with Crippen molar-refractivity contribution in [2.24, 2.45) is 5.41 Å². The van der Waals surface area contributed by atoms with Gasteiger partial charge in [0, 0.05) is 13.1 Å². The lowest BCUT2D eigenvalue weighted by molar-refractivity contribution is 0.00554. The largest absolute Gasteiger partial charge is 0.302 e. The molecule has 1 saturated carbocycles. The van der Waals surface area contributed by atoms with Crippen molar-refractivity contribution in [1.29, 1.82) is 0 Å². The van der Waals surface area contributed by atoms with Crippen molar-refractivity contribution in [2.75, 3.05) is 19.6 Å². The molecule has 70 valence electrons. The van der Waals surface area contributed by atoms with Gasteiger partial charge < -0.3 is 4.90 Å². The molecule has 0 amide bonds. The first-order valence-corrected chi connectivity index (χ1v) is 5.57. The van der Waals surface area contributed by atoms with Gasteiger partial charge in [0.05, 0.1) is 0 Å². The summed E-state index contributed by atoms with van der Waals surface area (Å²) in [4.78, 5) is 2.65. The van der Waals surface area contributed by atoms with Crippen molar-refractivity contribution < 1.29 is 0 Å². The minimum atomic E-state index is 0.813. The molecule has 2 fully saturated rings. The quantitative estimate of drug-likeness (QED) is 0.624. The molecule has 2 rings (SSSR count). The van der Waals surface area contributed by atoms with Gasteiger partial charge in [0.1, 0.15) is 0 Å². The van der Waals surface area contributed by atoms with Crippen LogP contribution in [-0.2, 0) is 0 Å². The van der Waals surface area contributed by atoms with Crippen LogP contribution in [0.2, 0.25) is 0 Å². The smallest absolute Gasteiger partial charge is 0.00505 e. The Kier molecular flexibility index (Phi) is 2.40. The first kappa shape index (κ1) is 8.55. The second-order valence-corrected chi connectivity index (χ2v) is 4.77. The Balaban J connectivity index is 1.68. The van der Waals surface area contributed by atoms with Crippen molar-refractivity contribution in [3.8, 4) is 0 Å². The van der Waals surface area contributed by atoms with Crippen LogP contribution in [0, 0.1) is 5.41 Å². The third-order valence-corrected chi connectivity index (χ3v) is 3.61. The molecule has 0 bridgehead atoms. The van der Waals surface area contributed by atoms with Crippen LogP contribution in [0.15, 0.2) is 0 Å². The highest BCUT2D eigenvalue weighted by Crippen LogP contribution is 2.45. The summed E-state index contributed by atoms with van der Waals surface area (Å²) in [6.45, 7) is 6.49. The molecule has 0 aromatic rings. The first-order chi connectivity index (χ1) is 5.85. The van der Waals surface area contributed by atoms with E-state index in [2.05, 4.69) is 11.8 Å². The predicted octanol–water partition coefficient (Wildman–Crippen LogP) is 2.66. The summed E-state index contributed by atoms with van der Waals surface area (Å²) in [6.07, 6.45) is 8.80. The van der Waals surface area contributed by atoms with Crippen LogP contribution in [-0.4, -0.2) is 24.5 Å². The minimum absolute atomic E-state index is 0.813. The Labute approximate surface area is 76.1 Å². The van der Waals surface area contributed by atoms with Crippen LogP contribution in [0.3, 0.4) is 0 Å². The number of likely N-dealkylation sites (tertiary alicyclic amines) is 1. The van der Waals surface area contributed by atoms with Gasteiger partial charge in [0.2, 0.25) is 0 Å². The summed E-state index contributed by atoms with van der Waals surface area (Å²) in [7, 11) is 0. The average molecular weight is 167 g/mol. The van der Waals surface area contributed by atoms with Gasteiger partial charge in [0.25, 0.3) is 0 Å². The van der Waals surface area contributed by atoms with Crippen molar-refractivity contribution in [3.05, 3.63) is 0 Å². The number of hydrogen-bond acceptors (Lipinski definition) is 1. The lowest BCUT2D eigenvalue weighted by Gasteiger charge is -2.48. The fourth-order valence-corrected chi connectivity index (χ4v) is 2.88. The summed E-state index contributed by atoms with van der Waals surface area (Å²) in [5, 5.41) is 0. The van der Waals surface area contributed by atoms with E-state index in [-0.39, 0.29) is 0 Å². The molecular weight excluding hydrogens is 146 g/mol. The zero-order valence-corrected chi connectivity index (χ0v) is 8.31. The van der Waals surface area contributed by atoms with Gasteiger partial charge in [-0.15, -0.1) is 0 Å². The highest BCUT2D eigenvalue weighted by atomic mass is 15.2. The molecule has 1 nitrogen and oxygen atoms in total. The Morgan fingerprint density at radius 1 is 1.17 bits per heavy atom. The van der Waals surface area contributed by atoms with Crippen LogP contribution in [0.1, 0.15) is 45.4 Å². The zero-order chi connectivity index (χ0) is 8.44. The van der Waals surface area contributed by atoms with Gasteiger partial charge in [-0.25, -0.2) is 0 Å². The van der Waals surface area contributed by atoms with Crippen LogP contribution in [0.5, 0.6) is 0 Å². The molecule has 0 unspecified atom stereocenters. The second kappa shape index (κ2) is 3.37. The van der Waals surface area contributed by atoms with Crippen molar-refractivity contribution >= 4 is 0 Å². The predicted molar refractivity (Wildman–Crippen MR) is 52.2 cm³/mol. The van der Waals surface area contributed by atoms with Gasteiger partial charge in [-0.2, -0.15) is 0 Å². The summed E-state index contributed by atoms with van der Waals surface area (Å²) in [5.41, 5.74) is 0.813. The monoisotopic (exact) mass is 167 g/mol. The average Bonchev–Trinajstić information content (AvgIpc) is 2.46. The second-order valence-electron chi connectivity index (χ2n) is 4.77. The number of rotatable bonds is 3. The van der Waals surface area contributed by atoms with Crippen LogP contribution >= 0.6 is 0 Å². The topological polar surface area (TPSA) is 3.24 Å². The highest BCUT2D eigenvalue weighted by molar-refractivity contribution is 4.97. The summed E-state index contributed by atoms with van der Waals surface area (Å²) < 4.78 is 0. The molecule has 1 aliphatic carbocycles. The van der Waals surface area contributed by atoms with E-state index in [4.69, 9.17) is 0 Å². The molecule has 12 heavy (non-hydrogen) atoms. The Bertz CT molecular complexity index is 139. The summed E-state index contributed by atoms with van der Waals surface area (Å²) >= 11 is 0. The maximum absolute atomic E-state index is 2.65. The van der Waals surface area contributed by atoms with E-state index in [1.807, 2.05) is 0 Å². The third kappa shape index (κ3) is 1.52. The number of hydrogen-bond donors (Lipinski definition) is 0. The van der Waals surface area contributed by atoms with E-state index in [9.17, 15) is 0 Å². The Hall–Kier alpha value is -0.0400. The molecule has 1 saturated heterocycles. The molecule has 1 aliphatic heterocycles. The molecule has 1 heterocycles.